The van der Waals surface area contributed by atoms with Crippen molar-refractivity contribution in [3.05, 3.63) is 70.0 Å². The third-order valence-electron chi connectivity index (χ3n) is 4.36. The average molecular weight is 386 g/mol. The molecule has 1 aliphatic heterocycles. The van der Waals surface area contributed by atoms with E-state index in [0.29, 0.717) is 11.6 Å². The number of urea groups is 1. The zero-order valence-corrected chi connectivity index (χ0v) is 14.6. The van der Waals surface area contributed by atoms with E-state index in [2.05, 4.69) is 10.6 Å². The molecule has 2 N–H and O–H groups in total. The van der Waals surface area contributed by atoms with Gasteiger partial charge in [0.15, 0.2) is 0 Å². The Kier molecular flexibility index (Phi) is 4.78. The summed E-state index contributed by atoms with van der Waals surface area (Å²) in [5.41, 5.74) is -1.67. The summed E-state index contributed by atoms with van der Waals surface area (Å²) in [6.07, 6.45) is 0. The van der Waals surface area contributed by atoms with E-state index in [0.717, 1.165) is 17.0 Å². The molecule has 144 valence electrons. The molecule has 1 atom stereocenters. The molecule has 2 aromatic carbocycles. The number of nitrogens with zero attached hydrogens (tertiary/aromatic N) is 2. The van der Waals surface area contributed by atoms with Crippen molar-refractivity contribution in [1.29, 1.82) is 0 Å². The Hall–Kier alpha value is -3.82. The van der Waals surface area contributed by atoms with Gasteiger partial charge in [-0.3, -0.25) is 24.6 Å². The van der Waals surface area contributed by atoms with Crippen LogP contribution < -0.4 is 10.6 Å². The van der Waals surface area contributed by atoms with Crippen LogP contribution in [0.15, 0.2) is 48.5 Å². The minimum Gasteiger partial charge on any atom is -0.319 e. The molecule has 1 heterocycles. The van der Waals surface area contributed by atoms with Crippen LogP contribution in [0.25, 0.3) is 0 Å². The van der Waals surface area contributed by atoms with Gasteiger partial charge in [0.25, 0.3) is 11.6 Å². The number of imide groups is 1. The highest BCUT2D eigenvalue weighted by Crippen LogP contribution is 2.29. The summed E-state index contributed by atoms with van der Waals surface area (Å²) in [4.78, 5) is 48.1. The number of amides is 4. The molecular formula is C18H15FN4O5. The minimum atomic E-state index is -1.33. The molecular weight excluding hydrogens is 371 g/mol. The highest BCUT2D eigenvalue weighted by molar-refractivity contribution is 6.10. The largest absolute Gasteiger partial charge is 0.325 e. The molecule has 10 heteroatoms. The lowest BCUT2D eigenvalue weighted by atomic mass is 9.92. The summed E-state index contributed by atoms with van der Waals surface area (Å²) in [7, 11) is 0. The van der Waals surface area contributed by atoms with Gasteiger partial charge in [0.2, 0.25) is 5.91 Å². The fourth-order valence-electron chi connectivity index (χ4n) is 2.90. The van der Waals surface area contributed by atoms with E-state index in [1.165, 1.54) is 6.92 Å². The lowest BCUT2D eigenvalue weighted by Crippen LogP contribution is -2.42. The van der Waals surface area contributed by atoms with Gasteiger partial charge in [0, 0.05) is 0 Å². The maximum atomic E-state index is 13.2. The molecule has 0 saturated carbocycles. The molecule has 1 saturated heterocycles. The molecule has 3 rings (SSSR count). The normalized spacial score (nSPS) is 18.7. The topological polar surface area (TPSA) is 122 Å². The van der Waals surface area contributed by atoms with Crippen molar-refractivity contribution in [1.82, 2.24) is 10.2 Å². The average Bonchev–Trinajstić information content (AvgIpc) is 2.88. The fourth-order valence-corrected chi connectivity index (χ4v) is 2.90. The number of nitro benzene ring substituents is 1. The number of halogens is 1. The first-order valence-electron chi connectivity index (χ1n) is 8.16. The number of anilines is 1. The predicted octanol–water partition coefficient (Wildman–Crippen LogP) is 2.14. The van der Waals surface area contributed by atoms with Crippen LogP contribution in [0, 0.1) is 15.9 Å². The van der Waals surface area contributed by atoms with Gasteiger partial charge in [-0.15, -0.1) is 0 Å². The first kappa shape index (κ1) is 19.0. The van der Waals surface area contributed by atoms with Gasteiger partial charge >= 0.3 is 6.03 Å². The molecule has 0 radical (unpaired) electrons. The van der Waals surface area contributed by atoms with Crippen LogP contribution in [0.5, 0.6) is 0 Å². The second-order valence-electron chi connectivity index (χ2n) is 6.28. The zero-order valence-electron chi connectivity index (χ0n) is 14.6. The van der Waals surface area contributed by atoms with Crippen molar-refractivity contribution >= 4 is 29.2 Å². The van der Waals surface area contributed by atoms with Gasteiger partial charge in [-0.1, -0.05) is 30.3 Å². The predicted molar refractivity (Wildman–Crippen MR) is 95.7 cm³/mol. The SMILES string of the molecule is C[C@@]1(c2ccccc2)NC(=O)N(CC(=O)Nc2ccc(F)cc2[N+](=O)[O-])C1=O. The van der Waals surface area contributed by atoms with E-state index in [1.54, 1.807) is 30.3 Å². The van der Waals surface area contributed by atoms with Crippen molar-refractivity contribution in [2.75, 3.05) is 11.9 Å². The summed E-state index contributed by atoms with van der Waals surface area (Å²) >= 11 is 0. The molecule has 1 aliphatic rings. The Bertz CT molecular complexity index is 981. The first-order valence-corrected chi connectivity index (χ1v) is 8.16. The number of carbonyl (C=O) groups is 3. The van der Waals surface area contributed by atoms with Crippen LogP contribution in [0.1, 0.15) is 12.5 Å². The number of rotatable bonds is 5. The Morgan fingerprint density at radius 3 is 2.57 bits per heavy atom. The fraction of sp³-hybridized carbons (Fsp3) is 0.167. The van der Waals surface area contributed by atoms with E-state index in [1.807, 2.05) is 0 Å². The van der Waals surface area contributed by atoms with Crippen molar-refractivity contribution in [2.24, 2.45) is 0 Å². The van der Waals surface area contributed by atoms with Gasteiger partial charge in [-0.25, -0.2) is 9.18 Å². The highest BCUT2D eigenvalue weighted by atomic mass is 19.1. The molecule has 0 bridgehead atoms. The summed E-state index contributed by atoms with van der Waals surface area (Å²) in [5, 5.41) is 15.8. The van der Waals surface area contributed by atoms with E-state index in [-0.39, 0.29) is 5.69 Å². The lowest BCUT2D eigenvalue weighted by molar-refractivity contribution is -0.384. The number of hydrogen-bond acceptors (Lipinski definition) is 5. The van der Waals surface area contributed by atoms with Crippen LogP contribution in [0.3, 0.4) is 0 Å². The highest BCUT2D eigenvalue weighted by Gasteiger charge is 2.49. The van der Waals surface area contributed by atoms with E-state index in [9.17, 15) is 28.9 Å². The van der Waals surface area contributed by atoms with Crippen molar-refractivity contribution in [3.63, 3.8) is 0 Å². The molecule has 4 amide bonds. The third-order valence-corrected chi connectivity index (χ3v) is 4.36. The van der Waals surface area contributed by atoms with E-state index < -0.39 is 46.4 Å². The summed E-state index contributed by atoms with van der Waals surface area (Å²) < 4.78 is 13.2. The summed E-state index contributed by atoms with van der Waals surface area (Å²) in [6, 6.07) is 10.4. The number of carbonyl (C=O) groups excluding carboxylic acids is 3. The van der Waals surface area contributed by atoms with Gasteiger partial charge < -0.3 is 10.6 Å². The standard InChI is InChI=1S/C18H15FN4O5/c1-18(11-5-3-2-4-6-11)16(25)22(17(26)21-18)10-15(24)20-13-8-7-12(19)9-14(13)23(27)28/h2-9H,10H2,1H3,(H,20,24)(H,21,26)/t18-/m0/s1. The number of nitro groups is 1. The molecule has 1 fully saturated rings. The van der Waals surface area contributed by atoms with Gasteiger partial charge in [-0.2, -0.15) is 0 Å². The Labute approximate surface area is 158 Å². The quantitative estimate of drug-likeness (QED) is 0.463. The van der Waals surface area contributed by atoms with Crippen molar-refractivity contribution < 1.29 is 23.7 Å². The summed E-state index contributed by atoms with van der Waals surface area (Å²) in [5.74, 6) is -2.31. The lowest BCUT2D eigenvalue weighted by Gasteiger charge is -2.22. The second-order valence-corrected chi connectivity index (χ2v) is 6.28. The van der Waals surface area contributed by atoms with Crippen LogP contribution in [-0.4, -0.2) is 34.2 Å². The maximum absolute atomic E-state index is 13.2. The molecule has 0 aromatic heterocycles. The Balaban J connectivity index is 1.77. The Morgan fingerprint density at radius 1 is 1.25 bits per heavy atom. The van der Waals surface area contributed by atoms with Crippen molar-refractivity contribution in [2.45, 2.75) is 12.5 Å². The van der Waals surface area contributed by atoms with Crippen LogP contribution >= 0.6 is 0 Å². The van der Waals surface area contributed by atoms with E-state index in [4.69, 9.17) is 0 Å². The molecule has 0 aliphatic carbocycles. The molecule has 2 aromatic rings. The molecule has 0 unspecified atom stereocenters. The van der Waals surface area contributed by atoms with Gasteiger partial charge in [-0.05, 0) is 24.6 Å². The Morgan fingerprint density at radius 2 is 1.93 bits per heavy atom. The first-order chi connectivity index (χ1) is 13.2. The van der Waals surface area contributed by atoms with Crippen LogP contribution in [0.2, 0.25) is 0 Å². The third kappa shape index (κ3) is 3.39. The van der Waals surface area contributed by atoms with E-state index >= 15 is 0 Å². The number of hydrogen-bond donors (Lipinski definition) is 2. The monoisotopic (exact) mass is 386 g/mol. The number of nitrogens with one attached hydrogen (secondary N) is 2. The molecule has 28 heavy (non-hydrogen) atoms. The summed E-state index contributed by atoms with van der Waals surface area (Å²) in [6.45, 7) is 0.868. The molecule has 0 spiro atoms. The minimum absolute atomic E-state index is 0.241. The van der Waals surface area contributed by atoms with Crippen LogP contribution in [0.4, 0.5) is 20.6 Å². The smallest absolute Gasteiger partial charge is 0.319 e. The number of benzene rings is 2. The van der Waals surface area contributed by atoms with Crippen molar-refractivity contribution in [3.8, 4) is 0 Å². The molecule has 9 nitrogen and oxygen atoms in total. The second kappa shape index (κ2) is 7.06. The van der Waals surface area contributed by atoms with Gasteiger partial charge in [0.05, 0.1) is 11.0 Å². The van der Waals surface area contributed by atoms with Gasteiger partial charge in [0.1, 0.15) is 23.6 Å². The maximum Gasteiger partial charge on any atom is 0.325 e. The zero-order chi connectivity index (χ0) is 20.5. The van der Waals surface area contributed by atoms with Crippen LogP contribution in [-0.2, 0) is 15.1 Å².